The van der Waals surface area contributed by atoms with E-state index in [1.165, 1.54) is 31.0 Å². The van der Waals surface area contributed by atoms with E-state index in [4.69, 9.17) is 10.00 Å². The number of nitro groups is 1. The fourth-order valence-corrected chi connectivity index (χ4v) is 1.95. The van der Waals surface area contributed by atoms with E-state index in [2.05, 4.69) is 5.32 Å². The van der Waals surface area contributed by atoms with Crippen molar-refractivity contribution < 1.29 is 19.2 Å². The molecule has 0 spiro atoms. The van der Waals surface area contributed by atoms with Gasteiger partial charge in [0.1, 0.15) is 0 Å². The third-order valence-corrected chi connectivity index (χ3v) is 3.27. The topological polar surface area (TPSA) is 126 Å². The first-order valence-electron chi connectivity index (χ1n) is 7.11. The molecule has 128 valence electrons. The molecule has 0 fully saturated rings. The standard InChI is InChI=1S/C15H18N4O5/c1-10(14(20)18(3)8-4-7-16)24-15(21)12-9-11(19(22)23)5-6-13(12)17-2/h5-6,9-10,17H,4,8H2,1-3H3/t10-/m0/s1. The van der Waals surface area contributed by atoms with E-state index < -0.39 is 22.9 Å². The summed E-state index contributed by atoms with van der Waals surface area (Å²) in [7, 11) is 3.05. The fraction of sp³-hybridized carbons (Fsp3) is 0.400. The average Bonchev–Trinajstić information content (AvgIpc) is 2.57. The van der Waals surface area contributed by atoms with Crippen molar-refractivity contribution in [1.29, 1.82) is 5.26 Å². The van der Waals surface area contributed by atoms with Crippen LogP contribution in [0.15, 0.2) is 18.2 Å². The first-order chi connectivity index (χ1) is 11.3. The minimum Gasteiger partial charge on any atom is -0.449 e. The number of rotatable bonds is 7. The lowest BCUT2D eigenvalue weighted by Crippen LogP contribution is -2.38. The van der Waals surface area contributed by atoms with E-state index in [1.54, 1.807) is 7.05 Å². The molecule has 1 rings (SSSR count). The summed E-state index contributed by atoms with van der Waals surface area (Å²) in [5, 5.41) is 22.1. The molecule has 0 bridgehead atoms. The van der Waals surface area contributed by atoms with Crippen LogP contribution in [0, 0.1) is 21.4 Å². The second-order valence-corrected chi connectivity index (χ2v) is 4.95. The molecule has 0 aliphatic carbocycles. The third-order valence-electron chi connectivity index (χ3n) is 3.27. The Balaban J connectivity index is 2.91. The number of amides is 1. The highest BCUT2D eigenvalue weighted by Crippen LogP contribution is 2.23. The zero-order valence-electron chi connectivity index (χ0n) is 13.6. The van der Waals surface area contributed by atoms with Crippen LogP contribution in [0.4, 0.5) is 11.4 Å². The Morgan fingerprint density at radius 1 is 1.50 bits per heavy atom. The van der Waals surface area contributed by atoms with Crippen LogP contribution in [0.5, 0.6) is 0 Å². The number of nitriles is 1. The smallest absolute Gasteiger partial charge is 0.341 e. The molecule has 1 amide bonds. The molecule has 1 aromatic rings. The monoisotopic (exact) mass is 334 g/mol. The molecule has 24 heavy (non-hydrogen) atoms. The number of esters is 1. The van der Waals surface area contributed by atoms with Crippen LogP contribution in [0.2, 0.25) is 0 Å². The van der Waals surface area contributed by atoms with Crippen molar-refractivity contribution in [2.75, 3.05) is 26.0 Å². The molecule has 0 aromatic heterocycles. The van der Waals surface area contributed by atoms with Gasteiger partial charge in [-0.3, -0.25) is 14.9 Å². The maximum absolute atomic E-state index is 12.2. The lowest BCUT2D eigenvalue weighted by molar-refractivity contribution is -0.384. The molecule has 0 radical (unpaired) electrons. The van der Waals surface area contributed by atoms with E-state index in [1.807, 2.05) is 6.07 Å². The van der Waals surface area contributed by atoms with Gasteiger partial charge in [-0.15, -0.1) is 0 Å². The number of nitrogens with one attached hydrogen (secondary N) is 1. The number of hydrogen-bond donors (Lipinski definition) is 1. The van der Waals surface area contributed by atoms with Gasteiger partial charge in [-0.05, 0) is 13.0 Å². The van der Waals surface area contributed by atoms with Gasteiger partial charge in [0.2, 0.25) is 0 Å². The lowest BCUT2D eigenvalue weighted by atomic mass is 10.1. The molecule has 9 heteroatoms. The molecule has 1 aromatic carbocycles. The molecule has 1 N–H and O–H groups in total. The molecule has 0 aliphatic heterocycles. The first-order valence-corrected chi connectivity index (χ1v) is 7.11. The minimum absolute atomic E-state index is 0.0361. The predicted octanol–water partition coefficient (Wildman–Crippen LogP) is 1.55. The number of anilines is 1. The van der Waals surface area contributed by atoms with E-state index in [-0.39, 0.29) is 24.2 Å². The molecular weight excluding hydrogens is 316 g/mol. The van der Waals surface area contributed by atoms with E-state index in [0.717, 1.165) is 6.07 Å². The summed E-state index contributed by atoms with van der Waals surface area (Å²) in [6.07, 6.45) is -0.914. The summed E-state index contributed by atoms with van der Waals surface area (Å²) >= 11 is 0. The normalized spacial score (nSPS) is 11.1. The van der Waals surface area contributed by atoms with Crippen LogP contribution in [0.1, 0.15) is 23.7 Å². The number of nitrogens with zero attached hydrogens (tertiary/aromatic N) is 3. The number of hydrogen-bond acceptors (Lipinski definition) is 7. The average molecular weight is 334 g/mol. The summed E-state index contributed by atoms with van der Waals surface area (Å²) in [6.45, 7) is 1.62. The summed E-state index contributed by atoms with van der Waals surface area (Å²) in [6, 6.07) is 5.65. The Labute approximate surface area is 139 Å². The van der Waals surface area contributed by atoms with Gasteiger partial charge < -0.3 is 15.0 Å². The van der Waals surface area contributed by atoms with Crippen molar-refractivity contribution in [3.05, 3.63) is 33.9 Å². The number of ether oxygens (including phenoxy) is 1. The number of benzene rings is 1. The van der Waals surface area contributed by atoms with Gasteiger partial charge in [0.15, 0.2) is 6.10 Å². The second-order valence-electron chi connectivity index (χ2n) is 4.95. The molecular formula is C15H18N4O5. The van der Waals surface area contributed by atoms with E-state index in [0.29, 0.717) is 5.69 Å². The van der Waals surface area contributed by atoms with E-state index >= 15 is 0 Å². The van der Waals surface area contributed by atoms with Gasteiger partial charge in [0.05, 0.1) is 23.0 Å². The lowest BCUT2D eigenvalue weighted by Gasteiger charge is -2.20. The largest absolute Gasteiger partial charge is 0.449 e. The fourth-order valence-electron chi connectivity index (χ4n) is 1.95. The number of nitro benzene ring substituents is 1. The molecule has 9 nitrogen and oxygen atoms in total. The maximum atomic E-state index is 12.2. The van der Waals surface area contributed by atoms with Crippen LogP contribution in [-0.2, 0) is 9.53 Å². The highest BCUT2D eigenvalue weighted by Gasteiger charge is 2.24. The highest BCUT2D eigenvalue weighted by atomic mass is 16.6. The molecule has 0 saturated heterocycles. The second kappa shape index (κ2) is 8.47. The molecule has 0 saturated carbocycles. The molecule has 1 atom stereocenters. The summed E-state index contributed by atoms with van der Waals surface area (Å²) in [5.74, 6) is -1.31. The Bertz CT molecular complexity index is 683. The Morgan fingerprint density at radius 2 is 2.17 bits per heavy atom. The van der Waals surface area contributed by atoms with Gasteiger partial charge >= 0.3 is 5.97 Å². The zero-order chi connectivity index (χ0) is 18.3. The van der Waals surface area contributed by atoms with Crippen molar-refractivity contribution in [3.8, 4) is 6.07 Å². The van der Waals surface area contributed by atoms with Gasteiger partial charge in [0.25, 0.3) is 11.6 Å². The van der Waals surface area contributed by atoms with Gasteiger partial charge in [-0.2, -0.15) is 5.26 Å². The van der Waals surface area contributed by atoms with Gasteiger partial charge in [-0.25, -0.2) is 4.79 Å². The summed E-state index contributed by atoms with van der Waals surface area (Å²) < 4.78 is 5.10. The third kappa shape index (κ3) is 4.67. The maximum Gasteiger partial charge on any atom is 0.341 e. The zero-order valence-corrected chi connectivity index (χ0v) is 13.6. The Hall–Kier alpha value is -3.15. The Kier molecular flexibility index (Phi) is 6.67. The highest BCUT2D eigenvalue weighted by molar-refractivity contribution is 5.98. The van der Waals surface area contributed by atoms with Crippen molar-refractivity contribution in [2.45, 2.75) is 19.4 Å². The van der Waals surface area contributed by atoms with E-state index in [9.17, 15) is 19.7 Å². The van der Waals surface area contributed by atoms with Crippen LogP contribution in [0.25, 0.3) is 0 Å². The molecule has 0 aliphatic rings. The summed E-state index contributed by atoms with van der Waals surface area (Å²) in [5.41, 5.74) is 0.0557. The van der Waals surface area contributed by atoms with Crippen LogP contribution >= 0.6 is 0 Å². The first kappa shape index (κ1) is 18.9. The minimum atomic E-state index is -1.08. The Morgan fingerprint density at radius 3 is 2.71 bits per heavy atom. The predicted molar refractivity (Wildman–Crippen MR) is 85.4 cm³/mol. The number of likely N-dealkylation sites (N-methyl/N-ethyl adjacent to an activating group) is 1. The van der Waals surface area contributed by atoms with Crippen LogP contribution in [-0.4, -0.2) is 48.4 Å². The van der Waals surface area contributed by atoms with Crippen LogP contribution in [0.3, 0.4) is 0 Å². The quantitative estimate of drug-likeness (QED) is 0.455. The number of carbonyl (C=O) groups excluding carboxylic acids is 2. The van der Waals surface area contributed by atoms with Gasteiger partial charge in [-0.1, -0.05) is 0 Å². The summed E-state index contributed by atoms with van der Waals surface area (Å²) in [4.78, 5) is 35.8. The molecule has 0 unspecified atom stereocenters. The van der Waals surface area contributed by atoms with Crippen molar-refractivity contribution in [3.63, 3.8) is 0 Å². The van der Waals surface area contributed by atoms with Crippen molar-refractivity contribution in [1.82, 2.24) is 4.90 Å². The molecule has 0 heterocycles. The SMILES string of the molecule is CNc1ccc([N+](=O)[O-])cc1C(=O)O[C@@H](C)C(=O)N(C)CCC#N. The number of non-ortho nitro benzene ring substituents is 1. The van der Waals surface area contributed by atoms with Gasteiger partial charge in [0, 0.05) is 38.5 Å². The number of carbonyl (C=O) groups is 2. The van der Waals surface area contributed by atoms with Crippen molar-refractivity contribution in [2.24, 2.45) is 0 Å². The van der Waals surface area contributed by atoms with Crippen molar-refractivity contribution >= 4 is 23.3 Å². The van der Waals surface area contributed by atoms with Crippen LogP contribution < -0.4 is 5.32 Å².